The molecule has 0 spiro atoms. The number of carboxylic acid groups (broad SMARTS) is 1. The van der Waals surface area contributed by atoms with E-state index in [4.69, 9.17) is 9.84 Å². The van der Waals surface area contributed by atoms with Gasteiger partial charge in [-0.1, -0.05) is 6.08 Å². The smallest absolute Gasteiger partial charge is 0.407 e. The second kappa shape index (κ2) is 6.63. The molecule has 3 atom stereocenters. The van der Waals surface area contributed by atoms with E-state index in [0.717, 1.165) is 0 Å². The summed E-state index contributed by atoms with van der Waals surface area (Å²) in [7, 11) is 0. The third-order valence-corrected chi connectivity index (χ3v) is 3.23. The molecule has 0 radical (unpaired) electrons. The summed E-state index contributed by atoms with van der Waals surface area (Å²) >= 11 is 0. The highest BCUT2D eigenvalue weighted by atomic mass is 16.6. The van der Waals surface area contributed by atoms with Gasteiger partial charge in [-0.25, -0.2) is 9.59 Å². The Labute approximate surface area is 119 Å². The Morgan fingerprint density at radius 2 is 1.95 bits per heavy atom. The van der Waals surface area contributed by atoms with Crippen LogP contribution in [0.4, 0.5) is 9.59 Å². The first-order valence-electron chi connectivity index (χ1n) is 6.83. The van der Waals surface area contributed by atoms with Crippen LogP contribution in [0.15, 0.2) is 12.7 Å². The fourth-order valence-corrected chi connectivity index (χ4v) is 2.41. The van der Waals surface area contributed by atoms with E-state index in [1.54, 1.807) is 6.08 Å². The second-order valence-electron chi connectivity index (χ2n) is 6.11. The third-order valence-electron chi connectivity index (χ3n) is 3.23. The maximum absolute atomic E-state index is 11.7. The number of hydrogen-bond donors (Lipinski definition) is 3. The number of carbonyl (C=O) groups is 2. The number of carbonyl (C=O) groups excluding carboxylic acids is 1. The third kappa shape index (κ3) is 5.50. The predicted octanol–water partition coefficient (Wildman–Crippen LogP) is 2.50. The highest BCUT2D eigenvalue weighted by Gasteiger charge is 2.31. The molecular formula is C14H24N2O4. The molecule has 114 valence electrons. The van der Waals surface area contributed by atoms with Crippen LogP contribution in [-0.2, 0) is 4.74 Å². The molecule has 0 aromatic rings. The van der Waals surface area contributed by atoms with Crippen LogP contribution in [0.2, 0.25) is 0 Å². The molecule has 1 rings (SSSR count). The quantitative estimate of drug-likeness (QED) is 0.695. The lowest BCUT2D eigenvalue weighted by atomic mass is 9.81. The van der Waals surface area contributed by atoms with Gasteiger partial charge in [0.15, 0.2) is 0 Å². The molecule has 0 heterocycles. The minimum atomic E-state index is -1.03. The summed E-state index contributed by atoms with van der Waals surface area (Å²) in [5.41, 5.74) is -0.524. The molecule has 6 heteroatoms. The number of ether oxygens (including phenoxy) is 1. The SMILES string of the molecule is C=CC1CC(NC(=O)OC(C)(C)C)CCC1NC(=O)O. The molecule has 1 saturated carbocycles. The topological polar surface area (TPSA) is 87.7 Å². The zero-order chi connectivity index (χ0) is 15.3. The second-order valence-corrected chi connectivity index (χ2v) is 6.11. The fraction of sp³-hybridized carbons (Fsp3) is 0.714. The summed E-state index contributed by atoms with van der Waals surface area (Å²) in [6.07, 6.45) is 2.32. The first-order valence-corrected chi connectivity index (χ1v) is 6.83. The summed E-state index contributed by atoms with van der Waals surface area (Å²) in [6.45, 7) is 9.17. The first-order chi connectivity index (χ1) is 9.21. The zero-order valence-electron chi connectivity index (χ0n) is 12.3. The minimum Gasteiger partial charge on any atom is -0.465 e. The van der Waals surface area contributed by atoms with E-state index < -0.39 is 17.8 Å². The molecule has 0 bridgehead atoms. The van der Waals surface area contributed by atoms with E-state index in [1.165, 1.54) is 0 Å². The highest BCUT2D eigenvalue weighted by Crippen LogP contribution is 2.26. The molecule has 3 N–H and O–H groups in total. The van der Waals surface area contributed by atoms with Crippen LogP contribution >= 0.6 is 0 Å². The van der Waals surface area contributed by atoms with Crippen molar-refractivity contribution >= 4 is 12.2 Å². The van der Waals surface area contributed by atoms with Crippen LogP contribution in [-0.4, -0.2) is 35.0 Å². The Kier molecular flexibility index (Phi) is 5.42. The van der Waals surface area contributed by atoms with Crippen LogP contribution < -0.4 is 10.6 Å². The van der Waals surface area contributed by atoms with E-state index >= 15 is 0 Å². The van der Waals surface area contributed by atoms with Crippen LogP contribution in [0, 0.1) is 5.92 Å². The molecule has 6 nitrogen and oxygen atoms in total. The summed E-state index contributed by atoms with van der Waals surface area (Å²) in [5.74, 6) is 0.0137. The minimum absolute atomic E-state index is 0.0137. The maximum Gasteiger partial charge on any atom is 0.407 e. The molecule has 2 amide bonds. The van der Waals surface area contributed by atoms with Gasteiger partial charge in [-0.15, -0.1) is 6.58 Å². The van der Waals surface area contributed by atoms with Crippen molar-refractivity contribution in [3.8, 4) is 0 Å². The van der Waals surface area contributed by atoms with Crippen molar-refractivity contribution in [3.63, 3.8) is 0 Å². The molecule has 3 unspecified atom stereocenters. The van der Waals surface area contributed by atoms with Crippen molar-refractivity contribution in [1.82, 2.24) is 10.6 Å². The number of nitrogens with one attached hydrogen (secondary N) is 2. The van der Waals surface area contributed by atoms with Crippen LogP contribution in [0.3, 0.4) is 0 Å². The number of amides is 2. The zero-order valence-corrected chi connectivity index (χ0v) is 12.3. The molecular weight excluding hydrogens is 260 g/mol. The maximum atomic E-state index is 11.7. The van der Waals surface area contributed by atoms with Gasteiger partial charge in [-0.2, -0.15) is 0 Å². The number of rotatable bonds is 3. The summed E-state index contributed by atoms with van der Waals surface area (Å²) in [4.78, 5) is 22.4. The largest absolute Gasteiger partial charge is 0.465 e. The van der Waals surface area contributed by atoms with Crippen molar-refractivity contribution in [3.05, 3.63) is 12.7 Å². The lowest BCUT2D eigenvalue weighted by Gasteiger charge is -2.35. The predicted molar refractivity (Wildman–Crippen MR) is 75.6 cm³/mol. The van der Waals surface area contributed by atoms with Gasteiger partial charge >= 0.3 is 12.2 Å². The van der Waals surface area contributed by atoms with Gasteiger partial charge in [0.2, 0.25) is 0 Å². The fourth-order valence-electron chi connectivity index (χ4n) is 2.41. The van der Waals surface area contributed by atoms with Gasteiger partial charge in [0, 0.05) is 12.1 Å². The van der Waals surface area contributed by atoms with E-state index in [9.17, 15) is 9.59 Å². The Balaban J connectivity index is 2.50. The van der Waals surface area contributed by atoms with Gasteiger partial charge in [-0.3, -0.25) is 0 Å². The number of hydrogen-bond acceptors (Lipinski definition) is 3. The monoisotopic (exact) mass is 284 g/mol. The average Bonchev–Trinajstić information content (AvgIpc) is 2.27. The summed E-state index contributed by atoms with van der Waals surface area (Å²) in [5, 5.41) is 14.1. The van der Waals surface area contributed by atoms with Gasteiger partial charge in [0.1, 0.15) is 5.60 Å². The standard InChI is InChI=1S/C14H24N2O4/c1-5-9-8-10(6-7-11(9)16-12(17)18)15-13(19)20-14(2,3)4/h5,9-11,16H,1,6-8H2,2-4H3,(H,15,19)(H,17,18). The van der Waals surface area contributed by atoms with E-state index in [1.807, 2.05) is 20.8 Å². The Bertz CT molecular complexity index is 376. The van der Waals surface area contributed by atoms with Crippen LogP contribution in [0.25, 0.3) is 0 Å². The molecule has 0 aliphatic heterocycles. The van der Waals surface area contributed by atoms with Crippen molar-refractivity contribution in [2.75, 3.05) is 0 Å². The summed E-state index contributed by atoms with van der Waals surface area (Å²) in [6, 6.07) is -0.151. The molecule has 1 fully saturated rings. The van der Waals surface area contributed by atoms with E-state index in [-0.39, 0.29) is 18.0 Å². The highest BCUT2D eigenvalue weighted by molar-refractivity contribution is 5.68. The summed E-state index contributed by atoms with van der Waals surface area (Å²) < 4.78 is 5.22. The Morgan fingerprint density at radius 1 is 1.30 bits per heavy atom. The lowest BCUT2D eigenvalue weighted by molar-refractivity contribution is 0.0482. The van der Waals surface area contributed by atoms with E-state index in [0.29, 0.717) is 19.3 Å². The van der Waals surface area contributed by atoms with Gasteiger partial charge in [-0.05, 0) is 46.0 Å². The van der Waals surface area contributed by atoms with Crippen LogP contribution in [0.1, 0.15) is 40.0 Å². The van der Waals surface area contributed by atoms with Gasteiger partial charge in [0.25, 0.3) is 0 Å². The van der Waals surface area contributed by atoms with Crippen molar-refractivity contribution in [1.29, 1.82) is 0 Å². The number of alkyl carbamates (subject to hydrolysis) is 1. The molecule has 1 aliphatic carbocycles. The Hall–Kier alpha value is -1.72. The van der Waals surface area contributed by atoms with Crippen molar-refractivity contribution in [2.24, 2.45) is 5.92 Å². The molecule has 0 saturated heterocycles. The first kappa shape index (κ1) is 16.3. The normalized spacial score (nSPS) is 26.4. The van der Waals surface area contributed by atoms with Crippen LogP contribution in [0.5, 0.6) is 0 Å². The van der Waals surface area contributed by atoms with Gasteiger partial charge in [0.05, 0.1) is 0 Å². The average molecular weight is 284 g/mol. The molecule has 20 heavy (non-hydrogen) atoms. The van der Waals surface area contributed by atoms with Crippen molar-refractivity contribution < 1.29 is 19.4 Å². The van der Waals surface area contributed by atoms with Gasteiger partial charge < -0.3 is 20.5 Å². The molecule has 0 aromatic heterocycles. The molecule has 1 aliphatic rings. The lowest BCUT2D eigenvalue weighted by Crippen LogP contribution is -2.48. The molecule has 0 aromatic carbocycles. The Morgan fingerprint density at radius 3 is 2.45 bits per heavy atom. The van der Waals surface area contributed by atoms with Crippen molar-refractivity contribution in [2.45, 2.75) is 57.7 Å². The van der Waals surface area contributed by atoms with E-state index in [2.05, 4.69) is 17.2 Å².